The standard InChI is InChI=1S/C14H25N3O5/c1-14(2,3)17(13(20)21)10(12(19)16(4)22-5)8-9-6-7-15-11(9)18/h9-10H,6-8H2,1-5H3,(H,15,18)(H,20,21)/t9?,10-/m0/s1. The van der Waals surface area contributed by atoms with Gasteiger partial charge in [-0.25, -0.2) is 9.86 Å². The van der Waals surface area contributed by atoms with Crippen LogP contribution in [0, 0.1) is 5.92 Å². The summed E-state index contributed by atoms with van der Waals surface area (Å²) in [4.78, 5) is 42.0. The van der Waals surface area contributed by atoms with Gasteiger partial charge in [0.1, 0.15) is 6.04 Å². The van der Waals surface area contributed by atoms with Crippen LogP contribution in [0.5, 0.6) is 0 Å². The van der Waals surface area contributed by atoms with Crippen molar-refractivity contribution >= 4 is 17.9 Å². The molecule has 8 nitrogen and oxygen atoms in total. The Morgan fingerprint density at radius 3 is 2.41 bits per heavy atom. The predicted molar refractivity (Wildman–Crippen MR) is 78.9 cm³/mol. The van der Waals surface area contributed by atoms with Gasteiger partial charge in [0, 0.05) is 25.0 Å². The van der Waals surface area contributed by atoms with Gasteiger partial charge in [0.2, 0.25) is 5.91 Å². The minimum Gasteiger partial charge on any atom is -0.465 e. The zero-order valence-corrected chi connectivity index (χ0v) is 13.8. The lowest BCUT2D eigenvalue weighted by Crippen LogP contribution is -2.57. The van der Waals surface area contributed by atoms with E-state index in [9.17, 15) is 19.5 Å². The van der Waals surface area contributed by atoms with E-state index in [4.69, 9.17) is 4.84 Å². The van der Waals surface area contributed by atoms with Gasteiger partial charge >= 0.3 is 6.09 Å². The van der Waals surface area contributed by atoms with E-state index in [0.29, 0.717) is 13.0 Å². The fraction of sp³-hybridized carbons (Fsp3) is 0.786. The minimum absolute atomic E-state index is 0.141. The Labute approximate surface area is 130 Å². The number of hydrogen-bond donors (Lipinski definition) is 2. The second-order valence-electron chi connectivity index (χ2n) is 6.37. The molecule has 1 fully saturated rings. The summed E-state index contributed by atoms with van der Waals surface area (Å²) in [5.74, 6) is -1.000. The van der Waals surface area contributed by atoms with Crippen molar-refractivity contribution in [3.05, 3.63) is 0 Å². The first kappa shape index (κ1) is 18.2. The van der Waals surface area contributed by atoms with Crippen molar-refractivity contribution in [2.24, 2.45) is 5.92 Å². The molecule has 1 heterocycles. The highest BCUT2D eigenvalue weighted by atomic mass is 16.7. The number of hydroxylamine groups is 2. The molecule has 0 aliphatic carbocycles. The van der Waals surface area contributed by atoms with E-state index in [1.807, 2.05) is 0 Å². The molecule has 1 rings (SSSR count). The van der Waals surface area contributed by atoms with Crippen LogP contribution in [0.2, 0.25) is 0 Å². The van der Waals surface area contributed by atoms with Crippen molar-refractivity contribution in [3.8, 4) is 0 Å². The lowest BCUT2D eigenvalue weighted by molar-refractivity contribution is -0.176. The van der Waals surface area contributed by atoms with E-state index in [0.717, 1.165) is 9.96 Å². The molecule has 0 spiro atoms. The number of amides is 3. The summed E-state index contributed by atoms with van der Waals surface area (Å²) in [6.07, 6.45) is -0.465. The molecule has 0 bridgehead atoms. The molecule has 22 heavy (non-hydrogen) atoms. The fourth-order valence-electron chi connectivity index (χ4n) is 2.64. The minimum atomic E-state index is -1.20. The summed E-state index contributed by atoms with van der Waals surface area (Å²) in [6, 6.07) is -0.976. The molecular weight excluding hydrogens is 290 g/mol. The van der Waals surface area contributed by atoms with Gasteiger partial charge in [-0.2, -0.15) is 0 Å². The van der Waals surface area contributed by atoms with Gasteiger partial charge in [0.15, 0.2) is 0 Å². The van der Waals surface area contributed by atoms with Crippen LogP contribution in [0.4, 0.5) is 4.79 Å². The highest BCUT2D eigenvalue weighted by molar-refractivity contribution is 5.87. The first-order valence-corrected chi connectivity index (χ1v) is 7.21. The zero-order chi connectivity index (χ0) is 17.1. The van der Waals surface area contributed by atoms with E-state index in [2.05, 4.69) is 5.32 Å². The van der Waals surface area contributed by atoms with Crippen LogP contribution in [0.15, 0.2) is 0 Å². The molecule has 2 N–H and O–H groups in total. The van der Waals surface area contributed by atoms with Gasteiger partial charge in [-0.15, -0.1) is 0 Å². The second-order valence-corrected chi connectivity index (χ2v) is 6.37. The lowest BCUT2D eigenvalue weighted by Gasteiger charge is -2.40. The lowest BCUT2D eigenvalue weighted by atomic mass is 9.93. The van der Waals surface area contributed by atoms with Gasteiger partial charge in [-0.1, -0.05) is 0 Å². The summed E-state index contributed by atoms with van der Waals surface area (Å²) in [5, 5.41) is 13.2. The topological polar surface area (TPSA) is 99.2 Å². The number of nitrogens with zero attached hydrogens (tertiary/aromatic N) is 2. The molecule has 3 amide bonds. The predicted octanol–water partition coefficient (Wildman–Crippen LogP) is 0.680. The van der Waals surface area contributed by atoms with Gasteiger partial charge < -0.3 is 10.4 Å². The van der Waals surface area contributed by atoms with E-state index in [1.165, 1.54) is 14.2 Å². The Bertz CT molecular complexity index is 446. The van der Waals surface area contributed by atoms with Crippen LogP contribution in [0.25, 0.3) is 0 Å². The Balaban J connectivity index is 3.11. The molecule has 0 saturated carbocycles. The number of carbonyl (C=O) groups is 3. The monoisotopic (exact) mass is 315 g/mol. The maximum absolute atomic E-state index is 12.5. The molecule has 0 aromatic rings. The summed E-state index contributed by atoms with van der Waals surface area (Å²) in [6.45, 7) is 5.68. The molecular formula is C14H25N3O5. The van der Waals surface area contributed by atoms with Crippen LogP contribution in [0.1, 0.15) is 33.6 Å². The molecule has 126 valence electrons. The molecule has 1 aliphatic heterocycles. The first-order valence-electron chi connectivity index (χ1n) is 7.21. The molecule has 0 aromatic heterocycles. The second kappa shape index (κ2) is 6.95. The Morgan fingerprint density at radius 2 is 2.05 bits per heavy atom. The third kappa shape index (κ3) is 4.09. The van der Waals surface area contributed by atoms with E-state index in [1.54, 1.807) is 20.8 Å². The number of likely N-dealkylation sites (N-methyl/N-ethyl adjacent to an activating group) is 1. The van der Waals surface area contributed by atoms with Gasteiger partial charge in [0.05, 0.1) is 7.11 Å². The zero-order valence-electron chi connectivity index (χ0n) is 13.8. The van der Waals surface area contributed by atoms with Crippen molar-refractivity contribution in [2.75, 3.05) is 20.7 Å². The highest BCUT2D eigenvalue weighted by Gasteiger charge is 2.42. The van der Waals surface area contributed by atoms with E-state index < -0.39 is 23.6 Å². The maximum atomic E-state index is 12.5. The molecule has 0 aromatic carbocycles. The molecule has 1 unspecified atom stereocenters. The summed E-state index contributed by atoms with van der Waals surface area (Å²) < 4.78 is 0. The van der Waals surface area contributed by atoms with Gasteiger partial charge in [-0.3, -0.25) is 19.3 Å². The van der Waals surface area contributed by atoms with Crippen molar-refractivity contribution in [1.29, 1.82) is 0 Å². The van der Waals surface area contributed by atoms with Crippen LogP contribution < -0.4 is 5.32 Å². The number of rotatable bonds is 5. The largest absolute Gasteiger partial charge is 0.465 e. The fourth-order valence-corrected chi connectivity index (χ4v) is 2.64. The normalized spacial score (nSPS) is 19.5. The first-order chi connectivity index (χ1) is 10.1. The number of carbonyl (C=O) groups excluding carboxylic acids is 2. The SMILES string of the molecule is CON(C)C(=O)[C@H](CC1CCNC1=O)N(C(=O)O)C(C)(C)C. The molecule has 0 radical (unpaired) electrons. The maximum Gasteiger partial charge on any atom is 0.408 e. The Morgan fingerprint density at radius 1 is 1.45 bits per heavy atom. The Kier molecular flexibility index (Phi) is 5.76. The average molecular weight is 315 g/mol. The third-order valence-corrected chi connectivity index (χ3v) is 3.78. The van der Waals surface area contributed by atoms with E-state index >= 15 is 0 Å². The number of carboxylic acid groups (broad SMARTS) is 1. The number of hydrogen-bond acceptors (Lipinski definition) is 4. The number of nitrogens with one attached hydrogen (secondary N) is 1. The molecule has 1 aliphatic rings. The van der Waals surface area contributed by atoms with E-state index in [-0.39, 0.29) is 18.2 Å². The van der Waals surface area contributed by atoms with Gasteiger partial charge in [-0.05, 0) is 33.6 Å². The van der Waals surface area contributed by atoms with Crippen LogP contribution >= 0.6 is 0 Å². The van der Waals surface area contributed by atoms with Crippen molar-refractivity contribution < 1.29 is 24.3 Å². The highest BCUT2D eigenvalue weighted by Crippen LogP contribution is 2.26. The summed E-state index contributed by atoms with van der Waals surface area (Å²) in [5.41, 5.74) is -0.782. The molecule has 1 saturated heterocycles. The van der Waals surface area contributed by atoms with Crippen molar-refractivity contribution in [1.82, 2.24) is 15.3 Å². The summed E-state index contributed by atoms with van der Waals surface area (Å²) >= 11 is 0. The molecule has 8 heteroatoms. The van der Waals surface area contributed by atoms with Crippen LogP contribution in [-0.4, -0.2) is 65.3 Å². The Hall–Kier alpha value is -1.83. The quantitative estimate of drug-likeness (QED) is 0.727. The van der Waals surface area contributed by atoms with Crippen molar-refractivity contribution in [3.63, 3.8) is 0 Å². The van der Waals surface area contributed by atoms with Crippen LogP contribution in [0.3, 0.4) is 0 Å². The smallest absolute Gasteiger partial charge is 0.408 e. The average Bonchev–Trinajstić information content (AvgIpc) is 2.79. The van der Waals surface area contributed by atoms with Gasteiger partial charge in [0.25, 0.3) is 5.91 Å². The summed E-state index contributed by atoms with van der Waals surface area (Å²) in [7, 11) is 2.76. The van der Waals surface area contributed by atoms with Crippen molar-refractivity contribution in [2.45, 2.75) is 45.2 Å². The third-order valence-electron chi connectivity index (χ3n) is 3.78. The van der Waals surface area contributed by atoms with Crippen LogP contribution in [-0.2, 0) is 14.4 Å². The molecule has 2 atom stereocenters.